The van der Waals surface area contributed by atoms with Crippen LogP contribution in [0.3, 0.4) is 0 Å². The molecule has 1 amide bonds. The Bertz CT molecular complexity index is 700. The van der Waals surface area contributed by atoms with Gasteiger partial charge in [-0.05, 0) is 50.3 Å². The lowest BCUT2D eigenvalue weighted by Gasteiger charge is -2.12. The van der Waals surface area contributed by atoms with Gasteiger partial charge in [0.2, 0.25) is 0 Å². The van der Waals surface area contributed by atoms with Gasteiger partial charge in [-0.1, -0.05) is 11.6 Å². The van der Waals surface area contributed by atoms with E-state index in [1.54, 1.807) is 7.11 Å². The van der Waals surface area contributed by atoms with E-state index in [1.807, 2.05) is 24.3 Å². The molecule has 116 valence electrons. The Morgan fingerprint density at radius 3 is 3.00 bits per heavy atom. The summed E-state index contributed by atoms with van der Waals surface area (Å²) in [5, 5.41) is 4.01. The van der Waals surface area contributed by atoms with Gasteiger partial charge in [-0.15, -0.1) is 0 Å². The van der Waals surface area contributed by atoms with Crippen molar-refractivity contribution < 1.29 is 9.53 Å². The Morgan fingerprint density at radius 1 is 1.32 bits per heavy atom. The first kappa shape index (κ1) is 14.7. The largest absolute Gasteiger partial charge is 0.497 e. The van der Waals surface area contributed by atoms with Gasteiger partial charge in [0.15, 0.2) is 0 Å². The topological polar surface area (TPSA) is 54.1 Å². The van der Waals surface area contributed by atoms with Gasteiger partial charge in [0.25, 0.3) is 5.91 Å². The summed E-state index contributed by atoms with van der Waals surface area (Å²) in [6.07, 6.45) is 8.23. The molecule has 0 saturated carbocycles. The van der Waals surface area contributed by atoms with Crippen LogP contribution in [0.2, 0.25) is 0 Å². The monoisotopic (exact) mass is 298 g/mol. The van der Waals surface area contributed by atoms with Crippen LogP contribution in [0, 0.1) is 0 Å². The smallest absolute Gasteiger partial charge is 0.267 e. The first-order valence-corrected chi connectivity index (χ1v) is 7.89. The van der Waals surface area contributed by atoms with Gasteiger partial charge >= 0.3 is 0 Å². The molecule has 0 spiro atoms. The zero-order chi connectivity index (χ0) is 15.4. The van der Waals surface area contributed by atoms with E-state index in [9.17, 15) is 4.79 Å². The number of ether oxygens (including phenoxy) is 1. The van der Waals surface area contributed by atoms with Crippen molar-refractivity contribution in [2.45, 2.75) is 32.1 Å². The summed E-state index contributed by atoms with van der Waals surface area (Å²) < 4.78 is 5.20. The van der Waals surface area contributed by atoms with E-state index in [1.165, 1.54) is 31.3 Å². The summed E-state index contributed by atoms with van der Waals surface area (Å²) in [7, 11) is 1.64. The van der Waals surface area contributed by atoms with Crippen molar-refractivity contribution in [2.24, 2.45) is 0 Å². The fourth-order valence-electron chi connectivity index (χ4n) is 2.92. The molecule has 0 radical (unpaired) electrons. The molecule has 4 nitrogen and oxygen atoms in total. The minimum Gasteiger partial charge on any atom is -0.497 e. The average molecular weight is 298 g/mol. The molecule has 2 N–H and O–H groups in total. The van der Waals surface area contributed by atoms with Crippen molar-refractivity contribution in [1.29, 1.82) is 0 Å². The van der Waals surface area contributed by atoms with Crippen LogP contribution in [0.25, 0.3) is 10.9 Å². The van der Waals surface area contributed by atoms with Gasteiger partial charge in [-0.3, -0.25) is 4.79 Å². The number of benzene rings is 1. The second-order valence-electron chi connectivity index (χ2n) is 5.75. The SMILES string of the molecule is COc1ccc2cc(C(=O)NCCC3=CCCCC3)[nH]c2c1. The summed E-state index contributed by atoms with van der Waals surface area (Å²) in [6, 6.07) is 7.63. The van der Waals surface area contributed by atoms with Crippen LogP contribution in [0.4, 0.5) is 0 Å². The molecule has 0 fully saturated rings. The number of fused-ring (bicyclic) bond motifs is 1. The Balaban J connectivity index is 1.60. The van der Waals surface area contributed by atoms with Crippen LogP contribution < -0.4 is 10.1 Å². The van der Waals surface area contributed by atoms with Gasteiger partial charge in [0.1, 0.15) is 11.4 Å². The van der Waals surface area contributed by atoms with Crippen LogP contribution >= 0.6 is 0 Å². The second kappa shape index (κ2) is 6.69. The number of aromatic amines is 1. The third-order valence-electron chi connectivity index (χ3n) is 4.19. The molecule has 0 atom stereocenters. The van der Waals surface area contributed by atoms with E-state index in [0.717, 1.165) is 23.1 Å². The third-order valence-corrected chi connectivity index (χ3v) is 4.19. The van der Waals surface area contributed by atoms with E-state index in [0.29, 0.717) is 12.2 Å². The predicted octanol–water partition coefficient (Wildman–Crippen LogP) is 3.80. The van der Waals surface area contributed by atoms with Crippen LogP contribution in [0.1, 0.15) is 42.6 Å². The minimum atomic E-state index is -0.0495. The third kappa shape index (κ3) is 3.32. The molecule has 4 heteroatoms. The molecule has 1 aromatic heterocycles. The summed E-state index contributed by atoms with van der Waals surface area (Å²) in [6.45, 7) is 0.698. The van der Waals surface area contributed by atoms with Gasteiger partial charge in [-0.25, -0.2) is 0 Å². The molecular formula is C18H22N2O2. The molecule has 0 saturated heterocycles. The highest BCUT2D eigenvalue weighted by Gasteiger charge is 2.10. The quantitative estimate of drug-likeness (QED) is 0.825. The summed E-state index contributed by atoms with van der Waals surface area (Å²) in [4.78, 5) is 15.4. The van der Waals surface area contributed by atoms with Crippen molar-refractivity contribution in [1.82, 2.24) is 10.3 Å². The highest BCUT2D eigenvalue weighted by molar-refractivity contribution is 5.98. The van der Waals surface area contributed by atoms with Gasteiger partial charge < -0.3 is 15.0 Å². The number of carbonyl (C=O) groups excluding carboxylic acids is 1. The molecule has 1 aliphatic rings. The first-order valence-electron chi connectivity index (χ1n) is 7.89. The van der Waals surface area contributed by atoms with Crippen molar-refractivity contribution in [3.05, 3.63) is 41.6 Å². The Morgan fingerprint density at radius 2 is 2.23 bits per heavy atom. The molecule has 1 aliphatic carbocycles. The minimum absolute atomic E-state index is 0.0495. The van der Waals surface area contributed by atoms with Gasteiger partial charge in [0.05, 0.1) is 7.11 Å². The standard InChI is InChI=1S/C18H22N2O2/c1-22-15-8-7-14-11-17(20-16(14)12-15)18(21)19-10-9-13-5-3-2-4-6-13/h5,7-8,11-12,20H,2-4,6,9-10H2,1H3,(H,19,21). The number of rotatable bonds is 5. The number of aromatic nitrogens is 1. The molecule has 3 rings (SSSR count). The number of amides is 1. The van der Waals surface area contributed by atoms with Gasteiger partial charge in [-0.2, -0.15) is 0 Å². The fourth-order valence-corrected chi connectivity index (χ4v) is 2.92. The first-order chi connectivity index (χ1) is 10.8. The number of H-pyrrole nitrogens is 1. The lowest BCUT2D eigenvalue weighted by molar-refractivity contribution is 0.0950. The highest BCUT2D eigenvalue weighted by atomic mass is 16.5. The molecule has 0 unspecified atom stereocenters. The molecule has 2 aromatic rings. The number of allylic oxidation sites excluding steroid dienone is 1. The maximum atomic E-state index is 12.2. The molecule has 1 aromatic carbocycles. The average Bonchev–Trinajstić information content (AvgIpc) is 2.99. The lowest BCUT2D eigenvalue weighted by atomic mass is 9.97. The number of hydrogen-bond donors (Lipinski definition) is 2. The number of carbonyl (C=O) groups is 1. The van der Waals surface area contributed by atoms with E-state index >= 15 is 0 Å². The molecule has 1 heterocycles. The second-order valence-corrected chi connectivity index (χ2v) is 5.75. The normalized spacial score (nSPS) is 14.7. The van der Waals surface area contributed by atoms with Crippen molar-refractivity contribution in [3.63, 3.8) is 0 Å². The van der Waals surface area contributed by atoms with Crippen LogP contribution in [0.15, 0.2) is 35.9 Å². The predicted molar refractivity (Wildman–Crippen MR) is 88.4 cm³/mol. The van der Waals surface area contributed by atoms with Crippen molar-refractivity contribution >= 4 is 16.8 Å². The molecule has 22 heavy (non-hydrogen) atoms. The maximum absolute atomic E-state index is 12.2. The Kier molecular flexibility index (Phi) is 4.47. The van der Waals surface area contributed by atoms with Crippen molar-refractivity contribution in [2.75, 3.05) is 13.7 Å². The van der Waals surface area contributed by atoms with Gasteiger partial charge in [0, 0.05) is 23.5 Å². The maximum Gasteiger partial charge on any atom is 0.267 e. The molecule has 0 aliphatic heterocycles. The summed E-state index contributed by atoms with van der Waals surface area (Å²) in [5.74, 6) is 0.733. The summed E-state index contributed by atoms with van der Waals surface area (Å²) >= 11 is 0. The van der Waals surface area contributed by atoms with Crippen LogP contribution in [0.5, 0.6) is 5.75 Å². The highest BCUT2D eigenvalue weighted by Crippen LogP contribution is 2.22. The van der Waals surface area contributed by atoms with Crippen LogP contribution in [-0.2, 0) is 0 Å². The number of nitrogens with one attached hydrogen (secondary N) is 2. The Labute approximate surface area is 130 Å². The summed E-state index contributed by atoms with van der Waals surface area (Å²) in [5.41, 5.74) is 2.99. The lowest BCUT2D eigenvalue weighted by Crippen LogP contribution is -2.25. The number of methoxy groups -OCH3 is 1. The fraction of sp³-hybridized carbons (Fsp3) is 0.389. The van der Waals surface area contributed by atoms with E-state index in [-0.39, 0.29) is 5.91 Å². The zero-order valence-corrected chi connectivity index (χ0v) is 12.9. The molecule has 0 bridgehead atoms. The van der Waals surface area contributed by atoms with E-state index < -0.39 is 0 Å². The van der Waals surface area contributed by atoms with E-state index in [4.69, 9.17) is 4.74 Å². The number of hydrogen-bond acceptors (Lipinski definition) is 2. The van der Waals surface area contributed by atoms with E-state index in [2.05, 4.69) is 16.4 Å². The van der Waals surface area contributed by atoms with Crippen LogP contribution in [-0.4, -0.2) is 24.5 Å². The Hall–Kier alpha value is -2.23. The van der Waals surface area contributed by atoms with Crippen molar-refractivity contribution in [3.8, 4) is 5.75 Å². The zero-order valence-electron chi connectivity index (χ0n) is 12.9. The molecular weight excluding hydrogens is 276 g/mol.